The van der Waals surface area contributed by atoms with E-state index in [1.54, 1.807) is 0 Å². The minimum Gasteiger partial charge on any atom is -0.380 e. The highest BCUT2D eigenvalue weighted by molar-refractivity contribution is 5.39. The third kappa shape index (κ3) is 1.31. The Morgan fingerprint density at radius 1 is 1.58 bits per heavy atom. The molecule has 1 aromatic rings. The minimum absolute atomic E-state index is 0.675. The predicted molar refractivity (Wildman–Crippen MR) is 49.0 cm³/mol. The normalized spacial score (nSPS) is 28.2. The number of hydrogen-bond donors (Lipinski definition) is 1. The van der Waals surface area contributed by atoms with Crippen LogP contribution in [0.4, 0.5) is 5.69 Å². The molecule has 1 saturated carbocycles. The highest BCUT2D eigenvalue weighted by Gasteiger charge is 2.26. The van der Waals surface area contributed by atoms with Crippen LogP contribution in [0.5, 0.6) is 0 Å². The van der Waals surface area contributed by atoms with Crippen LogP contribution in [0, 0.1) is 5.92 Å². The van der Waals surface area contributed by atoms with Gasteiger partial charge in [0.05, 0.1) is 11.9 Å². The lowest BCUT2D eigenvalue weighted by Gasteiger charge is -2.34. The largest absolute Gasteiger partial charge is 0.380 e. The van der Waals surface area contributed by atoms with E-state index in [1.165, 1.54) is 12.8 Å². The molecule has 2 atom stereocenters. The molecule has 3 nitrogen and oxygen atoms in total. The Labute approximate surface area is 72.8 Å². The molecular formula is C9H15N3. The van der Waals surface area contributed by atoms with E-state index in [1.807, 2.05) is 24.1 Å². The molecular weight excluding hydrogens is 150 g/mol. The third-order valence-electron chi connectivity index (χ3n) is 2.68. The molecule has 0 bridgehead atoms. The molecule has 0 amide bonds. The average molecular weight is 165 g/mol. The van der Waals surface area contributed by atoms with Crippen molar-refractivity contribution in [2.75, 3.05) is 5.32 Å². The molecule has 1 N–H and O–H groups in total. The molecule has 66 valence electrons. The van der Waals surface area contributed by atoms with Gasteiger partial charge in [0.2, 0.25) is 0 Å². The second kappa shape index (κ2) is 2.81. The zero-order chi connectivity index (χ0) is 8.55. The molecule has 12 heavy (non-hydrogen) atoms. The van der Waals surface area contributed by atoms with Crippen LogP contribution in [0.3, 0.4) is 0 Å². The Balaban J connectivity index is 1.95. The molecule has 0 saturated heterocycles. The smallest absolute Gasteiger partial charge is 0.0728 e. The summed E-state index contributed by atoms with van der Waals surface area (Å²) < 4.78 is 1.83. The summed E-state index contributed by atoms with van der Waals surface area (Å²) in [6, 6.07) is 0.675. The number of anilines is 1. The highest BCUT2D eigenvalue weighted by atomic mass is 15.3. The monoisotopic (exact) mass is 165 g/mol. The van der Waals surface area contributed by atoms with E-state index in [0.717, 1.165) is 11.6 Å². The van der Waals surface area contributed by atoms with E-state index in [-0.39, 0.29) is 0 Å². The number of aromatic nitrogens is 2. The van der Waals surface area contributed by atoms with E-state index < -0.39 is 0 Å². The third-order valence-corrected chi connectivity index (χ3v) is 2.68. The van der Waals surface area contributed by atoms with Gasteiger partial charge in [0.15, 0.2) is 0 Å². The van der Waals surface area contributed by atoms with E-state index >= 15 is 0 Å². The van der Waals surface area contributed by atoms with E-state index in [2.05, 4.69) is 17.3 Å². The van der Waals surface area contributed by atoms with Crippen molar-refractivity contribution >= 4 is 5.69 Å². The maximum atomic E-state index is 4.11. The molecule has 0 aromatic carbocycles. The van der Waals surface area contributed by atoms with Gasteiger partial charge in [-0.05, 0) is 18.8 Å². The molecule has 0 spiro atoms. The SMILES string of the molecule is CC1CCC1Nc1cnn(C)c1. The summed E-state index contributed by atoms with van der Waals surface area (Å²) in [6.45, 7) is 2.29. The molecule has 2 rings (SSSR count). The van der Waals surface area contributed by atoms with Gasteiger partial charge in [-0.25, -0.2) is 0 Å². The molecule has 3 heteroatoms. The van der Waals surface area contributed by atoms with Gasteiger partial charge in [-0.3, -0.25) is 4.68 Å². The molecule has 1 aliphatic rings. The van der Waals surface area contributed by atoms with Crippen LogP contribution in [0.2, 0.25) is 0 Å². The van der Waals surface area contributed by atoms with Crippen LogP contribution in [0.1, 0.15) is 19.8 Å². The molecule has 0 radical (unpaired) electrons. The molecule has 1 heterocycles. The van der Waals surface area contributed by atoms with Gasteiger partial charge in [0.1, 0.15) is 0 Å². The summed E-state index contributed by atoms with van der Waals surface area (Å²) >= 11 is 0. The summed E-state index contributed by atoms with van der Waals surface area (Å²) in [4.78, 5) is 0. The maximum absolute atomic E-state index is 4.11. The van der Waals surface area contributed by atoms with Crippen LogP contribution in [0.25, 0.3) is 0 Å². The first-order valence-corrected chi connectivity index (χ1v) is 4.51. The highest BCUT2D eigenvalue weighted by Crippen LogP contribution is 2.29. The molecule has 1 aromatic heterocycles. The van der Waals surface area contributed by atoms with Gasteiger partial charge in [-0.2, -0.15) is 5.10 Å². The quantitative estimate of drug-likeness (QED) is 0.721. The fraction of sp³-hybridized carbons (Fsp3) is 0.667. The van der Waals surface area contributed by atoms with Gasteiger partial charge >= 0.3 is 0 Å². The maximum Gasteiger partial charge on any atom is 0.0728 e. The second-order valence-electron chi connectivity index (χ2n) is 3.71. The first-order chi connectivity index (χ1) is 5.75. The first-order valence-electron chi connectivity index (χ1n) is 4.51. The Morgan fingerprint density at radius 3 is 2.83 bits per heavy atom. The van der Waals surface area contributed by atoms with Crippen LogP contribution in [-0.2, 0) is 7.05 Å². The van der Waals surface area contributed by atoms with Crippen molar-refractivity contribution < 1.29 is 0 Å². The van der Waals surface area contributed by atoms with Crippen molar-refractivity contribution in [3.63, 3.8) is 0 Å². The van der Waals surface area contributed by atoms with Crippen molar-refractivity contribution in [2.24, 2.45) is 13.0 Å². The zero-order valence-electron chi connectivity index (χ0n) is 7.62. The zero-order valence-corrected chi connectivity index (χ0v) is 7.62. The molecule has 1 fully saturated rings. The molecule has 0 aliphatic heterocycles. The fourth-order valence-corrected chi connectivity index (χ4v) is 1.59. The minimum atomic E-state index is 0.675. The summed E-state index contributed by atoms with van der Waals surface area (Å²) in [5, 5.41) is 7.57. The lowest BCUT2D eigenvalue weighted by molar-refractivity contribution is 0.303. The summed E-state index contributed by atoms with van der Waals surface area (Å²) in [7, 11) is 1.94. The Hall–Kier alpha value is -0.990. The number of aryl methyl sites for hydroxylation is 1. The van der Waals surface area contributed by atoms with Gasteiger partial charge in [0, 0.05) is 19.3 Å². The number of nitrogens with zero attached hydrogens (tertiary/aromatic N) is 2. The van der Waals surface area contributed by atoms with Crippen LogP contribution < -0.4 is 5.32 Å². The lowest BCUT2D eigenvalue weighted by atomic mass is 9.81. The number of rotatable bonds is 2. The van der Waals surface area contributed by atoms with Gasteiger partial charge in [-0.1, -0.05) is 6.92 Å². The van der Waals surface area contributed by atoms with Gasteiger partial charge < -0.3 is 5.32 Å². The molecule has 2 unspecified atom stereocenters. The standard InChI is InChI=1S/C9H15N3/c1-7-3-4-9(7)11-8-5-10-12(2)6-8/h5-7,9,11H,3-4H2,1-2H3. The van der Waals surface area contributed by atoms with Crippen molar-refractivity contribution in [3.8, 4) is 0 Å². The van der Waals surface area contributed by atoms with Crippen LogP contribution >= 0.6 is 0 Å². The van der Waals surface area contributed by atoms with Crippen molar-refractivity contribution in [1.82, 2.24) is 9.78 Å². The summed E-state index contributed by atoms with van der Waals surface area (Å²) in [6.07, 6.45) is 6.56. The number of hydrogen-bond acceptors (Lipinski definition) is 2. The fourth-order valence-electron chi connectivity index (χ4n) is 1.59. The number of nitrogens with one attached hydrogen (secondary N) is 1. The Bertz CT molecular complexity index is 266. The van der Waals surface area contributed by atoms with Gasteiger partial charge in [-0.15, -0.1) is 0 Å². The van der Waals surface area contributed by atoms with Crippen LogP contribution in [-0.4, -0.2) is 15.8 Å². The van der Waals surface area contributed by atoms with Crippen molar-refractivity contribution in [2.45, 2.75) is 25.8 Å². The van der Waals surface area contributed by atoms with E-state index in [0.29, 0.717) is 6.04 Å². The predicted octanol–water partition coefficient (Wildman–Crippen LogP) is 1.63. The van der Waals surface area contributed by atoms with Crippen LogP contribution in [0.15, 0.2) is 12.4 Å². The van der Waals surface area contributed by atoms with E-state index in [9.17, 15) is 0 Å². The van der Waals surface area contributed by atoms with Crippen molar-refractivity contribution in [3.05, 3.63) is 12.4 Å². The lowest BCUT2D eigenvalue weighted by Crippen LogP contribution is -2.36. The first kappa shape index (κ1) is 7.65. The van der Waals surface area contributed by atoms with E-state index in [4.69, 9.17) is 0 Å². The van der Waals surface area contributed by atoms with Gasteiger partial charge in [0.25, 0.3) is 0 Å². The van der Waals surface area contributed by atoms with Crippen molar-refractivity contribution in [1.29, 1.82) is 0 Å². The Kier molecular flexibility index (Phi) is 1.79. The summed E-state index contributed by atoms with van der Waals surface area (Å²) in [5.74, 6) is 0.824. The summed E-state index contributed by atoms with van der Waals surface area (Å²) in [5.41, 5.74) is 1.15. The molecule has 1 aliphatic carbocycles. The average Bonchev–Trinajstić information content (AvgIpc) is 2.44. The Morgan fingerprint density at radius 2 is 2.42 bits per heavy atom. The second-order valence-corrected chi connectivity index (χ2v) is 3.71. The topological polar surface area (TPSA) is 29.9 Å².